The van der Waals surface area contributed by atoms with Gasteiger partial charge in [0.15, 0.2) is 0 Å². The van der Waals surface area contributed by atoms with Crippen molar-refractivity contribution in [2.75, 3.05) is 19.6 Å². The molecule has 6 amide bonds. The Kier molecular flexibility index (Phi) is 12.4. The molecule has 1 aliphatic carbocycles. The topological polar surface area (TPSA) is 157 Å². The summed E-state index contributed by atoms with van der Waals surface area (Å²) in [4.78, 5) is 84.6. The standard InChI is InChI=1S/C39H58N6O6/c1-10-18-40-34(48)31(46)28(20-24-15-16-24)41-33(47)30-26(23(2)3)17-19-45(30)36(50)32(39(7,8)9)43-37(51)42-29(38(4,5)6)22-44-21-25-13-11-12-14-27(25)35(44)49/h10-14,23-24,26,28-30,32H,1,15-22H2,2-9H3,(H,40,48)(H,41,47)(H2,42,43,51)/t26-,28?,29-,30+,32-/m1/s1. The average Bonchev–Trinajstić information content (AvgIpc) is 3.66. The van der Waals surface area contributed by atoms with Gasteiger partial charge in [0.05, 0.1) is 12.1 Å². The van der Waals surface area contributed by atoms with E-state index >= 15 is 0 Å². The van der Waals surface area contributed by atoms with E-state index in [9.17, 15) is 28.8 Å². The maximum Gasteiger partial charge on any atom is 0.315 e. The Labute approximate surface area is 302 Å². The summed E-state index contributed by atoms with van der Waals surface area (Å²) in [6.07, 6.45) is 4.26. The van der Waals surface area contributed by atoms with Gasteiger partial charge in [-0.25, -0.2) is 4.79 Å². The Bertz CT molecular complexity index is 1510. The molecular formula is C39H58N6O6. The molecule has 2 aliphatic heterocycles. The highest BCUT2D eigenvalue weighted by Gasteiger charge is 2.48. The summed E-state index contributed by atoms with van der Waals surface area (Å²) in [6, 6.07) is 3.61. The smallest absolute Gasteiger partial charge is 0.315 e. The van der Waals surface area contributed by atoms with Crippen LogP contribution in [0.3, 0.4) is 0 Å². The van der Waals surface area contributed by atoms with Crippen molar-refractivity contribution in [1.82, 2.24) is 31.1 Å². The van der Waals surface area contributed by atoms with Crippen molar-refractivity contribution in [3.8, 4) is 0 Å². The summed E-state index contributed by atoms with van der Waals surface area (Å²) in [5.74, 6) is -2.35. The van der Waals surface area contributed by atoms with Gasteiger partial charge < -0.3 is 31.1 Å². The number of fused-ring (bicyclic) bond motifs is 1. The zero-order chi connectivity index (χ0) is 37.8. The van der Waals surface area contributed by atoms with Crippen molar-refractivity contribution >= 4 is 35.4 Å². The molecule has 1 saturated heterocycles. The summed E-state index contributed by atoms with van der Waals surface area (Å²) < 4.78 is 0. The number of hydrogen-bond acceptors (Lipinski definition) is 6. The Morgan fingerprint density at radius 1 is 0.941 bits per heavy atom. The van der Waals surface area contributed by atoms with Crippen LogP contribution in [0.1, 0.15) is 97.0 Å². The van der Waals surface area contributed by atoms with Crippen LogP contribution in [0.25, 0.3) is 0 Å². The molecular weight excluding hydrogens is 648 g/mol. The van der Waals surface area contributed by atoms with E-state index in [1.54, 1.807) is 4.90 Å². The van der Waals surface area contributed by atoms with Crippen molar-refractivity contribution in [1.29, 1.82) is 0 Å². The quantitative estimate of drug-likeness (QED) is 0.170. The van der Waals surface area contributed by atoms with Gasteiger partial charge in [-0.1, -0.05) is 92.5 Å². The van der Waals surface area contributed by atoms with Crippen LogP contribution in [0.2, 0.25) is 0 Å². The van der Waals surface area contributed by atoms with Crippen LogP contribution in [-0.2, 0) is 25.7 Å². The number of benzene rings is 1. The maximum absolute atomic E-state index is 14.5. The second kappa shape index (κ2) is 16.0. The highest BCUT2D eigenvalue weighted by molar-refractivity contribution is 6.38. The van der Waals surface area contributed by atoms with Crippen LogP contribution >= 0.6 is 0 Å². The first-order chi connectivity index (χ1) is 23.8. The summed E-state index contributed by atoms with van der Waals surface area (Å²) in [5, 5.41) is 11.4. The summed E-state index contributed by atoms with van der Waals surface area (Å²) in [6.45, 7) is 20.3. The lowest BCUT2D eigenvalue weighted by Crippen LogP contribution is -2.62. The summed E-state index contributed by atoms with van der Waals surface area (Å²) in [5.41, 5.74) is 0.452. The minimum Gasteiger partial charge on any atom is -0.346 e. The third kappa shape index (κ3) is 9.77. The molecule has 4 rings (SSSR count). The second-order valence-corrected chi connectivity index (χ2v) is 17.0. The lowest BCUT2D eigenvalue weighted by atomic mass is 9.84. The molecule has 0 bridgehead atoms. The molecule has 280 valence electrons. The number of rotatable bonds is 14. The molecule has 4 N–H and O–H groups in total. The van der Waals surface area contributed by atoms with Crippen molar-refractivity contribution < 1.29 is 28.8 Å². The second-order valence-electron chi connectivity index (χ2n) is 17.0. The van der Waals surface area contributed by atoms with Crippen molar-refractivity contribution in [2.24, 2.45) is 28.6 Å². The van der Waals surface area contributed by atoms with Gasteiger partial charge in [-0.3, -0.25) is 24.0 Å². The molecule has 2 fully saturated rings. The van der Waals surface area contributed by atoms with Gasteiger partial charge in [-0.2, -0.15) is 0 Å². The Hall–Kier alpha value is -4.22. The molecule has 0 spiro atoms. The maximum atomic E-state index is 14.5. The molecule has 3 aliphatic rings. The van der Waals surface area contributed by atoms with E-state index in [1.165, 1.54) is 11.0 Å². The molecule has 12 heteroatoms. The van der Waals surface area contributed by atoms with E-state index in [-0.39, 0.29) is 36.8 Å². The van der Waals surface area contributed by atoms with E-state index in [0.717, 1.165) is 18.4 Å². The van der Waals surface area contributed by atoms with Crippen LogP contribution in [-0.4, -0.2) is 89.0 Å². The van der Waals surface area contributed by atoms with Gasteiger partial charge in [0, 0.05) is 31.7 Å². The van der Waals surface area contributed by atoms with E-state index in [4.69, 9.17) is 0 Å². The van der Waals surface area contributed by atoms with E-state index in [0.29, 0.717) is 31.5 Å². The number of carbonyl (C=O) groups excluding carboxylic acids is 6. The van der Waals surface area contributed by atoms with Gasteiger partial charge >= 0.3 is 6.03 Å². The molecule has 51 heavy (non-hydrogen) atoms. The monoisotopic (exact) mass is 706 g/mol. The number of nitrogens with one attached hydrogen (secondary N) is 4. The number of likely N-dealkylation sites (tertiary alicyclic amines) is 1. The number of Topliss-reactive ketones (excluding diaryl/α,β-unsaturated/α-hetero) is 1. The molecule has 1 aromatic carbocycles. The molecule has 12 nitrogen and oxygen atoms in total. The largest absolute Gasteiger partial charge is 0.346 e. The number of amides is 6. The number of nitrogens with zero attached hydrogens (tertiary/aromatic N) is 2. The fourth-order valence-corrected chi connectivity index (χ4v) is 7.05. The number of carbonyl (C=O) groups is 6. The molecule has 5 atom stereocenters. The number of urea groups is 1. The Morgan fingerprint density at radius 3 is 2.18 bits per heavy atom. The molecule has 1 unspecified atom stereocenters. The molecule has 0 aromatic heterocycles. The highest BCUT2D eigenvalue weighted by atomic mass is 16.2. The average molecular weight is 707 g/mol. The van der Waals surface area contributed by atoms with Crippen LogP contribution < -0.4 is 21.3 Å². The van der Waals surface area contributed by atoms with Gasteiger partial charge in [0.25, 0.3) is 11.8 Å². The zero-order valence-corrected chi connectivity index (χ0v) is 31.6. The van der Waals surface area contributed by atoms with Crippen LogP contribution in [0, 0.1) is 28.6 Å². The summed E-state index contributed by atoms with van der Waals surface area (Å²) in [7, 11) is 0. The van der Waals surface area contributed by atoms with Gasteiger partial charge in [0.2, 0.25) is 17.6 Å². The minimum absolute atomic E-state index is 0.0448. The van der Waals surface area contributed by atoms with Crippen LogP contribution in [0.15, 0.2) is 36.9 Å². The molecule has 2 heterocycles. The SMILES string of the molecule is C=CCNC(=O)C(=O)C(CC1CC1)NC(=O)[C@@H]1[C@@H](C(C)C)CCN1C(=O)[C@@H](NC(=O)N[C@H](CN1Cc2ccccc2C1=O)C(C)(C)C)C(C)(C)C. The number of hydrogen-bond donors (Lipinski definition) is 4. The first kappa shape index (κ1) is 39.6. The van der Waals surface area contributed by atoms with E-state index in [1.807, 2.05) is 79.7 Å². The fraction of sp³-hybridized carbons (Fsp3) is 0.641. The van der Waals surface area contributed by atoms with Crippen molar-refractivity contribution in [3.05, 3.63) is 48.0 Å². The minimum atomic E-state index is -1.01. The highest BCUT2D eigenvalue weighted by Crippen LogP contribution is 2.36. The lowest BCUT2D eigenvalue weighted by molar-refractivity contribution is -0.144. The van der Waals surface area contributed by atoms with Gasteiger partial charge in [0.1, 0.15) is 12.1 Å². The predicted octanol–water partition coefficient (Wildman–Crippen LogP) is 3.80. The lowest BCUT2D eigenvalue weighted by Gasteiger charge is -2.38. The van der Waals surface area contributed by atoms with Crippen LogP contribution in [0.5, 0.6) is 0 Å². The normalized spacial score (nSPS) is 20.7. The van der Waals surface area contributed by atoms with Gasteiger partial charge in [-0.15, -0.1) is 6.58 Å². The van der Waals surface area contributed by atoms with Crippen molar-refractivity contribution in [3.63, 3.8) is 0 Å². The van der Waals surface area contributed by atoms with E-state index in [2.05, 4.69) is 27.8 Å². The third-order valence-electron chi connectivity index (χ3n) is 10.4. The Balaban J connectivity index is 1.51. The Morgan fingerprint density at radius 2 is 1.61 bits per heavy atom. The van der Waals surface area contributed by atoms with Crippen molar-refractivity contribution in [2.45, 2.75) is 112 Å². The first-order valence-electron chi connectivity index (χ1n) is 18.3. The number of ketones is 1. The molecule has 0 radical (unpaired) electrons. The third-order valence-corrected chi connectivity index (χ3v) is 10.4. The molecule has 1 saturated carbocycles. The predicted molar refractivity (Wildman–Crippen MR) is 195 cm³/mol. The molecule has 1 aromatic rings. The fourth-order valence-electron chi connectivity index (χ4n) is 7.05. The van der Waals surface area contributed by atoms with Gasteiger partial charge in [-0.05, 0) is 53.1 Å². The zero-order valence-electron chi connectivity index (χ0n) is 31.6. The summed E-state index contributed by atoms with van der Waals surface area (Å²) >= 11 is 0. The van der Waals surface area contributed by atoms with E-state index < -0.39 is 64.5 Å². The first-order valence-corrected chi connectivity index (χ1v) is 18.3. The van der Waals surface area contributed by atoms with Crippen LogP contribution in [0.4, 0.5) is 4.79 Å².